The molecule has 0 saturated heterocycles. The lowest BCUT2D eigenvalue weighted by atomic mass is 10.1. The van der Waals surface area contributed by atoms with Crippen LogP contribution >= 0.6 is 34.7 Å². The standard InChI is InChI=1S/C24H12ClN5O3S2/c25-18-4-2-1-3-17(18)23(31)28-16-6-7-19-22(11-16)35-24(29-19)34-21-8-5-14(9-15(12-26)13-27)10-20(21)30(32)33/h1-11H,(H,28,31). The minimum Gasteiger partial charge on any atom is -0.322 e. The maximum Gasteiger partial charge on any atom is 0.283 e. The summed E-state index contributed by atoms with van der Waals surface area (Å²) >= 11 is 8.56. The number of nitro benzene ring substituents is 1. The number of rotatable bonds is 6. The smallest absolute Gasteiger partial charge is 0.283 e. The molecule has 8 nitrogen and oxygen atoms in total. The molecule has 3 aromatic carbocycles. The van der Waals surface area contributed by atoms with E-state index in [1.165, 1.54) is 23.5 Å². The summed E-state index contributed by atoms with van der Waals surface area (Å²) in [5, 5.41) is 32.6. The van der Waals surface area contributed by atoms with Crippen molar-refractivity contribution in [2.24, 2.45) is 0 Å². The lowest BCUT2D eigenvalue weighted by molar-refractivity contribution is -0.387. The molecule has 0 bridgehead atoms. The van der Waals surface area contributed by atoms with Gasteiger partial charge >= 0.3 is 0 Å². The van der Waals surface area contributed by atoms with Gasteiger partial charge in [-0.25, -0.2) is 4.98 Å². The number of aromatic nitrogens is 1. The van der Waals surface area contributed by atoms with E-state index in [0.717, 1.165) is 16.5 Å². The molecule has 0 aliphatic carbocycles. The minimum atomic E-state index is -0.520. The molecule has 0 atom stereocenters. The summed E-state index contributed by atoms with van der Waals surface area (Å²) in [4.78, 5) is 28.5. The monoisotopic (exact) mass is 517 g/mol. The maximum atomic E-state index is 12.5. The van der Waals surface area contributed by atoms with Crippen molar-refractivity contribution in [3.8, 4) is 12.1 Å². The number of carbonyl (C=O) groups excluding carboxylic acids is 1. The van der Waals surface area contributed by atoms with Gasteiger partial charge in [0.25, 0.3) is 11.6 Å². The SMILES string of the molecule is N#CC(C#N)=Cc1ccc(Sc2nc3ccc(NC(=O)c4ccccc4Cl)cc3s2)c([N+](=O)[O-])c1. The highest BCUT2D eigenvalue weighted by Gasteiger charge is 2.18. The fourth-order valence-electron chi connectivity index (χ4n) is 3.07. The third-order valence-corrected chi connectivity index (χ3v) is 7.15. The molecule has 35 heavy (non-hydrogen) atoms. The van der Waals surface area contributed by atoms with Gasteiger partial charge in [-0.2, -0.15) is 10.5 Å². The number of fused-ring (bicyclic) bond motifs is 1. The molecule has 11 heteroatoms. The number of carbonyl (C=O) groups is 1. The van der Waals surface area contributed by atoms with E-state index < -0.39 is 4.92 Å². The van der Waals surface area contributed by atoms with E-state index in [9.17, 15) is 14.9 Å². The van der Waals surface area contributed by atoms with E-state index >= 15 is 0 Å². The van der Waals surface area contributed by atoms with Gasteiger partial charge in [-0.05, 0) is 48.0 Å². The van der Waals surface area contributed by atoms with Crippen molar-refractivity contribution in [2.75, 3.05) is 5.32 Å². The first-order valence-corrected chi connectivity index (χ1v) is 11.8. The number of nitrogens with zero attached hydrogens (tertiary/aromatic N) is 4. The normalized spacial score (nSPS) is 10.3. The van der Waals surface area contributed by atoms with Gasteiger partial charge in [-0.1, -0.05) is 41.6 Å². The summed E-state index contributed by atoms with van der Waals surface area (Å²) in [6, 6.07) is 19.9. The van der Waals surface area contributed by atoms with Crippen LogP contribution < -0.4 is 5.32 Å². The Hall–Kier alpha value is -4.22. The van der Waals surface area contributed by atoms with Gasteiger partial charge in [0, 0.05) is 11.8 Å². The van der Waals surface area contributed by atoms with Crippen LogP contribution in [0, 0.1) is 32.8 Å². The van der Waals surface area contributed by atoms with Crippen LogP contribution in [-0.4, -0.2) is 15.8 Å². The summed E-state index contributed by atoms with van der Waals surface area (Å²) in [7, 11) is 0. The number of thiazole rings is 1. The zero-order valence-electron chi connectivity index (χ0n) is 17.6. The molecule has 1 aromatic heterocycles. The average Bonchev–Trinajstić information content (AvgIpc) is 3.25. The zero-order chi connectivity index (χ0) is 24.9. The molecular weight excluding hydrogens is 506 g/mol. The van der Waals surface area contributed by atoms with Crippen molar-refractivity contribution in [1.29, 1.82) is 10.5 Å². The summed E-state index contributed by atoms with van der Waals surface area (Å²) < 4.78 is 1.37. The molecule has 4 rings (SSSR count). The first kappa shape index (κ1) is 23.9. The van der Waals surface area contributed by atoms with Crippen LogP contribution in [-0.2, 0) is 0 Å². The molecule has 170 valence electrons. The molecular formula is C24H12ClN5O3S2. The number of anilines is 1. The average molecular weight is 518 g/mol. The van der Waals surface area contributed by atoms with Gasteiger partial charge in [-0.15, -0.1) is 11.3 Å². The predicted octanol–water partition coefficient (Wildman–Crippen LogP) is 6.69. The van der Waals surface area contributed by atoms with Crippen molar-refractivity contribution in [1.82, 2.24) is 4.98 Å². The Labute approximate surface area is 212 Å². The Morgan fingerprint density at radius 2 is 1.91 bits per heavy atom. The molecule has 0 spiro atoms. The molecule has 0 fully saturated rings. The highest BCUT2D eigenvalue weighted by Crippen LogP contribution is 2.39. The number of allylic oxidation sites excluding steroid dienone is 1. The molecule has 0 saturated carbocycles. The van der Waals surface area contributed by atoms with Crippen molar-refractivity contribution in [3.63, 3.8) is 0 Å². The first-order valence-electron chi connectivity index (χ1n) is 9.82. The molecule has 0 radical (unpaired) electrons. The molecule has 0 aliphatic rings. The number of hydrogen-bond donors (Lipinski definition) is 1. The third-order valence-electron chi connectivity index (χ3n) is 4.67. The van der Waals surface area contributed by atoms with E-state index in [1.54, 1.807) is 66.7 Å². The van der Waals surface area contributed by atoms with Crippen molar-refractivity contribution < 1.29 is 9.72 Å². The third kappa shape index (κ3) is 5.48. The molecule has 0 aliphatic heterocycles. The van der Waals surface area contributed by atoms with Crippen LogP contribution in [0.2, 0.25) is 5.02 Å². The Morgan fingerprint density at radius 1 is 1.14 bits per heavy atom. The van der Waals surface area contributed by atoms with Gasteiger partial charge < -0.3 is 5.32 Å². The number of halogens is 1. The molecule has 1 heterocycles. The molecule has 1 amide bonds. The van der Waals surface area contributed by atoms with Crippen molar-refractivity contribution >= 4 is 68.3 Å². The van der Waals surface area contributed by atoms with Crippen LogP contribution in [0.3, 0.4) is 0 Å². The van der Waals surface area contributed by atoms with Gasteiger partial charge in [0.1, 0.15) is 17.7 Å². The molecule has 4 aromatic rings. The quantitative estimate of drug-likeness (QED) is 0.171. The highest BCUT2D eigenvalue weighted by atomic mass is 35.5. The summed E-state index contributed by atoms with van der Waals surface area (Å²) in [6.07, 6.45) is 1.29. The van der Waals surface area contributed by atoms with Gasteiger partial charge in [0.05, 0.1) is 30.6 Å². The number of nitrogens with one attached hydrogen (secondary N) is 1. The summed E-state index contributed by atoms with van der Waals surface area (Å²) in [5.74, 6) is -0.338. The second-order valence-electron chi connectivity index (χ2n) is 6.96. The van der Waals surface area contributed by atoms with Gasteiger partial charge in [0.15, 0.2) is 4.34 Å². The van der Waals surface area contributed by atoms with Crippen LogP contribution in [0.1, 0.15) is 15.9 Å². The fraction of sp³-hybridized carbons (Fsp3) is 0. The highest BCUT2D eigenvalue weighted by molar-refractivity contribution is 8.01. The van der Waals surface area contributed by atoms with Crippen molar-refractivity contribution in [3.05, 3.63) is 92.5 Å². The maximum absolute atomic E-state index is 12.5. The van der Waals surface area contributed by atoms with Gasteiger partial charge in [0.2, 0.25) is 0 Å². The topological polar surface area (TPSA) is 133 Å². The lowest BCUT2D eigenvalue weighted by Gasteiger charge is -2.06. The van der Waals surface area contributed by atoms with E-state index in [1.807, 2.05) is 0 Å². The van der Waals surface area contributed by atoms with Gasteiger partial charge in [-0.3, -0.25) is 14.9 Å². The predicted molar refractivity (Wildman–Crippen MR) is 135 cm³/mol. The minimum absolute atomic E-state index is 0.150. The Morgan fingerprint density at radius 3 is 2.63 bits per heavy atom. The van der Waals surface area contributed by atoms with E-state index in [4.69, 9.17) is 22.1 Å². The Bertz CT molecular complexity index is 1580. The van der Waals surface area contributed by atoms with Crippen LogP contribution in [0.5, 0.6) is 0 Å². The van der Waals surface area contributed by atoms with Crippen LogP contribution in [0.4, 0.5) is 11.4 Å². The zero-order valence-corrected chi connectivity index (χ0v) is 19.9. The number of hydrogen-bond acceptors (Lipinski definition) is 8. The fourth-order valence-corrected chi connectivity index (χ4v) is 5.44. The number of amides is 1. The number of nitro groups is 1. The van der Waals surface area contributed by atoms with E-state index in [2.05, 4.69) is 10.3 Å². The Balaban J connectivity index is 1.59. The largest absolute Gasteiger partial charge is 0.322 e. The first-order chi connectivity index (χ1) is 16.9. The molecule has 1 N–H and O–H groups in total. The second kappa shape index (κ2) is 10.4. The number of nitriles is 2. The second-order valence-corrected chi connectivity index (χ2v) is 9.69. The number of benzene rings is 3. The summed E-state index contributed by atoms with van der Waals surface area (Å²) in [6.45, 7) is 0. The van der Waals surface area contributed by atoms with Crippen LogP contribution in [0.15, 0.2) is 75.5 Å². The van der Waals surface area contributed by atoms with Crippen LogP contribution in [0.25, 0.3) is 16.3 Å². The van der Waals surface area contributed by atoms with E-state index in [0.29, 0.717) is 36.6 Å². The summed E-state index contributed by atoms with van der Waals surface area (Å²) in [5.41, 5.74) is 1.67. The van der Waals surface area contributed by atoms with E-state index in [-0.39, 0.29) is 17.2 Å². The lowest BCUT2D eigenvalue weighted by Crippen LogP contribution is -2.12. The van der Waals surface area contributed by atoms with Crippen molar-refractivity contribution in [2.45, 2.75) is 9.24 Å². The Kier molecular flexibility index (Phi) is 7.09. The molecule has 0 unspecified atom stereocenters.